The Kier molecular flexibility index (Phi) is 1.98. The van der Waals surface area contributed by atoms with Crippen LogP contribution in [0.5, 0.6) is 0 Å². The summed E-state index contributed by atoms with van der Waals surface area (Å²) in [5, 5.41) is 9.21. The highest BCUT2D eigenvalue weighted by molar-refractivity contribution is 5.75. The number of rotatable bonds is 2. The summed E-state index contributed by atoms with van der Waals surface area (Å²) in [6.45, 7) is 6.16. The van der Waals surface area contributed by atoms with Crippen LogP contribution < -0.4 is 0 Å². The molecule has 3 rings (SSSR count). The number of carbonyl (C=O) groups is 1. The summed E-state index contributed by atoms with van der Waals surface area (Å²) < 4.78 is 0. The molecule has 2 heteroatoms. The molecule has 2 nitrogen and oxygen atoms in total. The van der Waals surface area contributed by atoms with Crippen LogP contribution in [0.4, 0.5) is 0 Å². The predicted molar refractivity (Wildman–Crippen MR) is 55.0 cm³/mol. The van der Waals surface area contributed by atoms with E-state index in [-0.39, 0.29) is 10.8 Å². The van der Waals surface area contributed by atoms with Crippen molar-refractivity contribution in [1.82, 2.24) is 0 Å². The van der Waals surface area contributed by atoms with Gasteiger partial charge in [0.05, 0.1) is 5.41 Å². The molecule has 0 amide bonds. The molecule has 78 valence electrons. The van der Waals surface area contributed by atoms with Gasteiger partial charge in [0.15, 0.2) is 0 Å². The Morgan fingerprint density at radius 2 is 1.43 bits per heavy atom. The van der Waals surface area contributed by atoms with Crippen molar-refractivity contribution in [2.45, 2.75) is 45.4 Å². The zero-order chi connectivity index (χ0) is 10.4. The highest BCUT2D eigenvalue weighted by Crippen LogP contribution is 2.59. The maximum atomic E-state index is 11.2. The second-order valence-electron chi connectivity index (χ2n) is 5.15. The van der Waals surface area contributed by atoms with Crippen molar-refractivity contribution in [3.05, 3.63) is 12.2 Å². The molecule has 0 aliphatic heterocycles. The van der Waals surface area contributed by atoms with E-state index in [4.69, 9.17) is 0 Å². The van der Waals surface area contributed by atoms with Gasteiger partial charge in [0, 0.05) is 0 Å². The number of hydrogen-bond acceptors (Lipinski definition) is 1. The smallest absolute Gasteiger partial charge is 0.309 e. The molecule has 0 heterocycles. The highest BCUT2D eigenvalue weighted by Gasteiger charge is 2.52. The molecule has 0 atom stereocenters. The zero-order valence-corrected chi connectivity index (χ0v) is 8.81. The van der Waals surface area contributed by atoms with E-state index in [1.807, 2.05) is 0 Å². The standard InChI is InChI=1S/C12H18O2/c1-9(2)11-3-6-12(7-4-11,8-5-11)10(13)14/h1,3-8H2,2H3,(H,13,14). The average molecular weight is 194 g/mol. The summed E-state index contributed by atoms with van der Waals surface area (Å²) in [6.07, 6.45) is 5.68. The molecule has 0 radical (unpaired) electrons. The van der Waals surface area contributed by atoms with E-state index in [0.29, 0.717) is 0 Å². The van der Waals surface area contributed by atoms with Crippen molar-refractivity contribution in [3.8, 4) is 0 Å². The Morgan fingerprint density at radius 1 is 1.07 bits per heavy atom. The van der Waals surface area contributed by atoms with E-state index in [2.05, 4.69) is 13.5 Å². The van der Waals surface area contributed by atoms with Gasteiger partial charge >= 0.3 is 5.97 Å². The average Bonchev–Trinajstić information content (AvgIpc) is 2.20. The topological polar surface area (TPSA) is 37.3 Å². The monoisotopic (exact) mass is 194 g/mol. The van der Waals surface area contributed by atoms with E-state index in [9.17, 15) is 9.90 Å². The third-order valence-electron chi connectivity index (χ3n) is 4.61. The van der Waals surface area contributed by atoms with E-state index >= 15 is 0 Å². The molecular weight excluding hydrogens is 176 g/mol. The molecule has 0 aromatic heterocycles. The van der Waals surface area contributed by atoms with Gasteiger partial charge in [-0.1, -0.05) is 12.2 Å². The Labute approximate surface area is 85.0 Å². The van der Waals surface area contributed by atoms with Crippen LogP contribution in [0.15, 0.2) is 12.2 Å². The molecular formula is C12H18O2. The first-order valence-electron chi connectivity index (χ1n) is 5.40. The number of carboxylic acids is 1. The molecule has 0 aromatic carbocycles. The fourth-order valence-electron chi connectivity index (χ4n) is 3.15. The molecule has 3 aliphatic carbocycles. The van der Waals surface area contributed by atoms with Crippen LogP contribution in [-0.2, 0) is 4.79 Å². The van der Waals surface area contributed by atoms with Gasteiger partial charge in [-0.15, -0.1) is 0 Å². The van der Waals surface area contributed by atoms with Crippen LogP contribution in [0, 0.1) is 10.8 Å². The summed E-state index contributed by atoms with van der Waals surface area (Å²) in [5.41, 5.74) is 1.17. The lowest BCUT2D eigenvalue weighted by Crippen LogP contribution is -2.46. The van der Waals surface area contributed by atoms with E-state index in [0.717, 1.165) is 38.5 Å². The Balaban J connectivity index is 2.21. The van der Waals surface area contributed by atoms with Gasteiger partial charge in [-0.3, -0.25) is 4.79 Å². The number of allylic oxidation sites excluding steroid dienone is 1. The van der Waals surface area contributed by atoms with Gasteiger partial charge in [-0.2, -0.15) is 0 Å². The summed E-state index contributed by atoms with van der Waals surface area (Å²) in [6, 6.07) is 0. The van der Waals surface area contributed by atoms with Crippen LogP contribution in [0.25, 0.3) is 0 Å². The third-order valence-corrected chi connectivity index (χ3v) is 4.61. The minimum atomic E-state index is -0.576. The second kappa shape index (κ2) is 2.85. The molecule has 2 bridgehead atoms. The first kappa shape index (κ1) is 9.75. The minimum Gasteiger partial charge on any atom is -0.481 e. The summed E-state index contributed by atoms with van der Waals surface area (Å²) in [7, 11) is 0. The lowest BCUT2D eigenvalue weighted by atomic mass is 9.52. The molecule has 3 fully saturated rings. The second-order valence-corrected chi connectivity index (χ2v) is 5.15. The number of aliphatic carboxylic acids is 1. The fourth-order valence-corrected chi connectivity index (χ4v) is 3.15. The van der Waals surface area contributed by atoms with Crippen LogP contribution in [0.3, 0.4) is 0 Å². The Morgan fingerprint density at radius 3 is 1.71 bits per heavy atom. The van der Waals surface area contributed by atoms with Gasteiger partial charge in [0.2, 0.25) is 0 Å². The van der Waals surface area contributed by atoms with Gasteiger partial charge in [0.1, 0.15) is 0 Å². The van der Waals surface area contributed by atoms with Crippen molar-refractivity contribution in [2.24, 2.45) is 10.8 Å². The molecule has 0 aromatic rings. The van der Waals surface area contributed by atoms with Crippen LogP contribution in [-0.4, -0.2) is 11.1 Å². The normalized spacial score (nSPS) is 40.9. The van der Waals surface area contributed by atoms with Crippen molar-refractivity contribution in [1.29, 1.82) is 0 Å². The zero-order valence-electron chi connectivity index (χ0n) is 8.81. The summed E-state index contributed by atoms with van der Waals surface area (Å²) >= 11 is 0. The molecule has 3 aliphatic rings. The van der Waals surface area contributed by atoms with Crippen LogP contribution in [0.1, 0.15) is 45.4 Å². The van der Waals surface area contributed by atoms with Gasteiger partial charge in [0.25, 0.3) is 0 Å². The molecule has 0 spiro atoms. The Hall–Kier alpha value is -0.790. The SMILES string of the molecule is C=C(C)C12CCC(C(=O)O)(CC1)CC2. The molecule has 1 N–H and O–H groups in total. The van der Waals surface area contributed by atoms with Crippen molar-refractivity contribution >= 4 is 5.97 Å². The molecule has 0 unspecified atom stereocenters. The van der Waals surface area contributed by atoms with E-state index < -0.39 is 5.97 Å². The quantitative estimate of drug-likeness (QED) is 0.686. The van der Waals surface area contributed by atoms with E-state index in [1.54, 1.807) is 0 Å². The van der Waals surface area contributed by atoms with Crippen molar-refractivity contribution < 1.29 is 9.90 Å². The van der Waals surface area contributed by atoms with Crippen molar-refractivity contribution in [3.63, 3.8) is 0 Å². The number of carboxylic acid groups (broad SMARTS) is 1. The lowest BCUT2D eigenvalue weighted by molar-refractivity contribution is -0.157. The predicted octanol–water partition coefficient (Wildman–Crippen LogP) is 2.99. The van der Waals surface area contributed by atoms with E-state index in [1.165, 1.54) is 5.57 Å². The highest BCUT2D eigenvalue weighted by atomic mass is 16.4. The van der Waals surface area contributed by atoms with Gasteiger partial charge in [-0.25, -0.2) is 0 Å². The molecule has 0 saturated heterocycles. The fraction of sp³-hybridized carbons (Fsp3) is 0.750. The third kappa shape index (κ3) is 1.13. The lowest BCUT2D eigenvalue weighted by Gasteiger charge is -2.51. The maximum absolute atomic E-state index is 11.2. The largest absolute Gasteiger partial charge is 0.481 e. The van der Waals surface area contributed by atoms with Crippen LogP contribution >= 0.6 is 0 Å². The number of hydrogen-bond donors (Lipinski definition) is 1. The van der Waals surface area contributed by atoms with Gasteiger partial charge < -0.3 is 5.11 Å². The summed E-state index contributed by atoms with van der Waals surface area (Å²) in [4.78, 5) is 11.2. The molecule has 14 heavy (non-hydrogen) atoms. The number of fused-ring (bicyclic) bond motifs is 3. The Bertz CT molecular complexity index is 236. The van der Waals surface area contributed by atoms with Crippen molar-refractivity contribution in [2.75, 3.05) is 0 Å². The van der Waals surface area contributed by atoms with Crippen LogP contribution in [0.2, 0.25) is 0 Å². The van der Waals surface area contributed by atoms with Gasteiger partial charge in [-0.05, 0) is 50.9 Å². The summed E-state index contributed by atoms with van der Waals surface area (Å²) in [5.74, 6) is -0.576. The maximum Gasteiger partial charge on any atom is 0.309 e. The first-order valence-corrected chi connectivity index (χ1v) is 5.40. The molecule has 3 saturated carbocycles. The first-order chi connectivity index (χ1) is 6.51. The minimum absolute atomic E-state index is 0.289.